The number of benzene rings is 2. The van der Waals surface area contributed by atoms with Gasteiger partial charge in [-0.15, -0.1) is 10.2 Å². The molecule has 25 heavy (non-hydrogen) atoms. The van der Waals surface area contributed by atoms with E-state index in [0.29, 0.717) is 5.69 Å². The van der Waals surface area contributed by atoms with E-state index in [-0.39, 0.29) is 17.9 Å². The number of nitrogens with one attached hydrogen (secondary N) is 1. The lowest BCUT2D eigenvalue weighted by molar-refractivity contribution is 0.0835. The Labute approximate surface area is 146 Å². The van der Waals surface area contributed by atoms with Crippen molar-refractivity contribution in [3.63, 3.8) is 0 Å². The molecule has 0 saturated heterocycles. The maximum atomic E-state index is 10.5. The van der Waals surface area contributed by atoms with Crippen LogP contribution in [0.1, 0.15) is 24.0 Å². The Morgan fingerprint density at radius 3 is 2.44 bits per heavy atom. The molecule has 0 aliphatic heterocycles. The lowest BCUT2D eigenvalue weighted by atomic mass is 9.89. The fourth-order valence-electron chi connectivity index (χ4n) is 3.55. The number of aromatic nitrogens is 2. The van der Waals surface area contributed by atoms with Gasteiger partial charge < -0.3 is 15.5 Å². The van der Waals surface area contributed by atoms with E-state index in [2.05, 4.69) is 15.5 Å². The number of phenolic OH excluding ortho intramolecular Hbond substituents is 1. The van der Waals surface area contributed by atoms with Crippen LogP contribution in [-0.4, -0.2) is 32.6 Å². The molecule has 1 saturated carbocycles. The van der Waals surface area contributed by atoms with Crippen LogP contribution in [0.2, 0.25) is 0 Å². The predicted octanol–water partition coefficient (Wildman–Crippen LogP) is 3.55. The SMILES string of the molecule is Cc1cc(C)c(-c2nnc(NC3CC(O)C3)c3ccccc23)c(O)c1. The fraction of sp³-hybridized carbons (Fsp3) is 0.300. The number of anilines is 1. The van der Waals surface area contributed by atoms with E-state index in [4.69, 9.17) is 0 Å². The van der Waals surface area contributed by atoms with Gasteiger partial charge in [0.25, 0.3) is 0 Å². The van der Waals surface area contributed by atoms with Gasteiger partial charge in [0.1, 0.15) is 11.4 Å². The maximum absolute atomic E-state index is 10.5. The molecule has 1 aliphatic rings. The third-order valence-corrected chi connectivity index (χ3v) is 4.84. The van der Waals surface area contributed by atoms with Gasteiger partial charge in [0, 0.05) is 22.4 Å². The normalized spacial score (nSPS) is 19.6. The number of rotatable bonds is 3. The molecule has 0 amide bonds. The van der Waals surface area contributed by atoms with Crippen LogP contribution in [0.15, 0.2) is 36.4 Å². The van der Waals surface area contributed by atoms with Gasteiger partial charge in [0.05, 0.1) is 6.10 Å². The molecule has 0 spiro atoms. The molecule has 3 N–H and O–H groups in total. The second-order valence-corrected chi connectivity index (χ2v) is 6.89. The van der Waals surface area contributed by atoms with Gasteiger partial charge in [0.2, 0.25) is 0 Å². The molecular formula is C20H21N3O2. The highest BCUT2D eigenvalue weighted by molar-refractivity contribution is 6.01. The number of nitrogens with zero attached hydrogens (tertiary/aromatic N) is 2. The molecule has 5 heteroatoms. The van der Waals surface area contributed by atoms with Crippen molar-refractivity contribution in [3.8, 4) is 17.0 Å². The lowest BCUT2D eigenvalue weighted by Crippen LogP contribution is -2.39. The minimum absolute atomic E-state index is 0.219. The molecule has 1 aliphatic carbocycles. The number of aryl methyl sites for hydroxylation is 2. The molecule has 1 fully saturated rings. The van der Waals surface area contributed by atoms with E-state index in [0.717, 1.165) is 46.1 Å². The fourth-order valence-corrected chi connectivity index (χ4v) is 3.55. The van der Waals surface area contributed by atoms with E-state index in [1.165, 1.54) is 0 Å². The quantitative estimate of drug-likeness (QED) is 0.682. The van der Waals surface area contributed by atoms with Gasteiger partial charge in [0.15, 0.2) is 5.82 Å². The summed E-state index contributed by atoms with van der Waals surface area (Å²) >= 11 is 0. The van der Waals surface area contributed by atoms with Crippen LogP contribution in [0, 0.1) is 13.8 Å². The van der Waals surface area contributed by atoms with Gasteiger partial charge in [-0.2, -0.15) is 0 Å². The lowest BCUT2D eigenvalue weighted by Gasteiger charge is -2.32. The molecule has 0 radical (unpaired) electrons. The Balaban J connectivity index is 1.84. The molecule has 4 rings (SSSR count). The summed E-state index contributed by atoms with van der Waals surface area (Å²) in [6, 6.07) is 12.0. The van der Waals surface area contributed by atoms with Gasteiger partial charge in [-0.1, -0.05) is 30.3 Å². The van der Waals surface area contributed by atoms with Gasteiger partial charge in [-0.05, 0) is 43.9 Å². The second kappa shape index (κ2) is 6.01. The second-order valence-electron chi connectivity index (χ2n) is 6.89. The van der Waals surface area contributed by atoms with Crippen LogP contribution in [-0.2, 0) is 0 Å². The summed E-state index contributed by atoms with van der Waals surface area (Å²) in [6.07, 6.45) is 1.24. The van der Waals surface area contributed by atoms with Crippen molar-refractivity contribution >= 4 is 16.6 Å². The van der Waals surface area contributed by atoms with Gasteiger partial charge >= 0.3 is 0 Å². The third kappa shape index (κ3) is 2.81. The molecule has 0 atom stereocenters. The Kier molecular flexibility index (Phi) is 3.81. The van der Waals surface area contributed by atoms with Gasteiger partial charge in [-0.3, -0.25) is 0 Å². The molecule has 128 valence electrons. The smallest absolute Gasteiger partial charge is 0.156 e. The first-order chi connectivity index (χ1) is 12.0. The van der Waals surface area contributed by atoms with E-state index in [1.54, 1.807) is 6.07 Å². The number of fused-ring (bicyclic) bond motifs is 1. The van der Waals surface area contributed by atoms with Crippen LogP contribution in [0.4, 0.5) is 5.82 Å². The zero-order valence-electron chi connectivity index (χ0n) is 14.3. The van der Waals surface area contributed by atoms with Crippen LogP contribution < -0.4 is 5.32 Å². The van der Waals surface area contributed by atoms with Crippen LogP contribution in [0.5, 0.6) is 5.75 Å². The van der Waals surface area contributed by atoms with Crippen molar-refractivity contribution in [3.05, 3.63) is 47.5 Å². The number of aromatic hydroxyl groups is 1. The van der Waals surface area contributed by atoms with E-state index in [9.17, 15) is 10.2 Å². The van der Waals surface area contributed by atoms with E-state index >= 15 is 0 Å². The summed E-state index contributed by atoms with van der Waals surface area (Å²) in [4.78, 5) is 0. The Bertz CT molecular complexity index is 926. The highest BCUT2D eigenvalue weighted by atomic mass is 16.3. The van der Waals surface area contributed by atoms with Crippen LogP contribution >= 0.6 is 0 Å². The maximum Gasteiger partial charge on any atom is 0.156 e. The standard InChI is InChI=1S/C20H21N3O2/c1-11-7-12(2)18(17(25)8-11)19-15-5-3-4-6-16(15)20(23-22-19)21-13-9-14(24)10-13/h3-8,13-14,24-25H,9-10H2,1-2H3,(H,21,23). The summed E-state index contributed by atoms with van der Waals surface area (Å²) in [6.45, 7) is 3.93. The van der Waals surface area contributed by atoms with Crippen molar-refractivity contribution in [1.29, 1.82) is 0 Å². The topological polar surface area (TPSA) is 78.3 Å². The Hall–Kier alpha value is -2.66. The van der Waals surface area contributed by atoms with Crippen molar-refractivity contribution in [1.82, 2.24) is 10.2 Å². The third-order valence-electron chi connectivity index (χ3n) is 4.84. The van der Waals surface area contributed by atoms with Crippen LogP contribution in [0.25, 0.3) is 22.0 Å². The minimum atomic E-state index is -0.219. The van der Waals surface area contributed by atoms with Crippen molar-refractivity contribution in [2.45, 2.75) is 38.8 Å². The van der Waals surface area contributed by atoms with Crippen molar-refractivity contribution < 1.29 is 10.2 Å². The molecule has 0 bridgehead atoms. The first kappa shape index (κ1) is 15.8. The summed E-state index contributed by atoms with van der Waals surface area (Å²) < 4.78 is 0. The Morgan fingerprint density at radius 1 is 1.04 bits per heavy atom. The number of hydrogen-bond acceptors (Lipinski definition) is 5. The first-order valence-corrected chi connectivity index (χ1v) is 8.53. The Morgan fingerprint density at radius 2 is 1.76 bits per heavy atom. The molecule has 1 aromatic heterocycles. The zero-order valence-corrected chi connectivity index (χ0v) is 14.3. The summed E-state index contributed by atoms with van der Waals surface area (Å²) in [5.41, 5.74) is 3.39. The summed E-state index contributed by atoms with van der Waals surface area (Å²) in [7, 11) is 0. The van der Waals surface area contributed by atoms with Crippen molar-refractivity contribution in [2.75, 3.05) is 5.32 Å². The molecule has 2 aromatic carbocycles. The summed E-state index contributed by atoms with van der Waals surface area (Å²) in [5.74, 6) is 0.945. The highest BCUT2D eigenvalue weighted by Crippen LogP contribution is 2.38. The monoisotopic (exact) mass is 335 g/mol. The predicted molar refractivity (Wildman–Crippen MR) is 98.8 cm³/mol. The minimum Gasteiger partial charge on any atom is -0.507 e. The zero-order chi connectivity index (χ0) is 17.6. The molecule has 1 heterocycles. The first-order valence-electron chi connectivity index (χ1n) is 8.53. The van der Waals surface area contributed by atoms with E-state index < -0.39 is 0 Å². The van der Waals surface area contributed by atoms with Crippen molar-refractivity contribution in [2.24, 2.45) is 0 Å². The number of hydrogen-bond donors (Lipinski definition) is 3. The molecular weight excluding hydrogens is 314 g/mol. The highest BCUT2D eigenvalue weighted by Gasteiger charge is 2.28. The average Bonchev–Trinajstić information content (AvgIpc) is 2.54. The number of aliphatic hydroxyl groups is 1. The van der Waals surface area contributed by atoms with Gasteiger partial charge in [-0.25, -0.2) is 0 Å². The van der Waals surface area contributed by atoms with Crippen LogP contribution in [0.3, 0.4) is 0 Å². The molecule has 3 aromatic rings. The molecule has 0 unspecified atom stereocenters. The number of aliphatic hydroxyl groups excluding tert-OH is 1. The average molecular weight is 335 g/mol. The molecule has 5 nitrogen and oxygen atoms in total. The largest absolute Gasteiger partial charge is 0.507 e. The number of phenols is 1. The van der Waals surface area contributed by atoms with E-state index in [1.807, 2.05) is 44.2 Å². The summed E-state index contributed by atoms with van der Waals surface area (Å²) in [5, 5.41) is 34.0.